The Labute approximate surface area is 621 Å². The van der Waals surface area contributed by atoms with Crippen LogP contribution in [0.25, 0.3) is 61.4 Å². The van der Waals surface area contributed by atoms with Crippen molar-refractivity contribution < 1.29 is 9.47 Å². The van der Waals surface area contributed by atoms with Gasteiger partial charge in [-0.15, -0.1) is 0 Å². The molecule has 1 N–H and O–H groups in total. The van der Waals surface area contributed by atoms with Crippen molar-refractivity contribution in [3.8, 4) is 28.7 Å². The van der Waals surface area contributed by atoms with Gasteiger partial charge in [0.15, 0.2) is 16.1 Å². The molecule has 508 valence electrons. The topological polar surface area (TPSA) is 73.8 Å². The normalized spacial score (nSPS) is 13.4. The molecule has 0 spiro atoms. The van der Waals surface area contributed by atoms with E-state index in [1.807, 2.05) is 30.3 Å². The fraction of sp³-hybridized carbons (Fsp3) is 0.0851. The molecular weight excluding hydrogens is 1380 g/mol. The molecule has 6 heterocycles. The van der Waals surface area contributed by atoms with Crippen molar-refractivity contribution in [3.05, 3.63) is 390 Å². The summed E-state index contributed by atoms with van der Waals surface area (Å²) in [5, 5.41) is 8.23. The number of hydrogen-bond donors (Lipinski definition) is 1. The van der Waals surface area contributed by atoms with Gasteiger partial charge in [0.05, 0.1) is 44.1 Å². The fourth-order valence-electron chi connectivity index (χ4n) is 16.9. The summed E-state index contributed by atoms with van der Waals surface area (Å²) in [5.41, 5.74) is 17.0. The lowest BCUT2D eigenvalue weighted by Crippen LogP contribution is -2.69. The number of ether oxygens (including phenoxy) is 2. The van der Waals surface area contributed by atoms with E-state index in [4.69, 9.17) is 14.5 Å². The van der Waals surface area contributed by atoms with Crippen LogP contribution in [0.1, 0.15) is 61.1 Å². The summed E-state index contributed by atoms with van der Waals surface area (Å²) in [7, 11) is -5.30. The molecule has 2 aliphatic rings. The minimum absolute atomic E-state index is 0.139. The maximum absolute atomic E-state index is 6.91. The smallest absolute Gasteiger partial charge is 0.220 e. The van der Waals surface area contributed by atoms with Gasteiger partial charge >= 0.3 is 0 Å². The lowest BCUT2D eigenvalue weighted by molar-refractivity contribution is 0.414. The third kappa shape index (κ3) is 11.1. The minimum Gasteiger partial charge on any atom is -0.456 e. The molecule has 0 atom stereocenters. The van der Waals surface area contributed by atoms with Gasteiger partial charge in [0.2, 0.25) is 11.6 Å². The van der Waals surface area contributed by atoms with Gasteiger partial charge in [-0.25, -0.2) is 9.97 Å². The summed E-state index contributed by atoms with van der Waals surface area (Å²) in [6.45, 7) is 9.26. The van der Waals surface area contributed by atoms with E-state index in [1.165, 1.54) is 70.0 Å². The number of hydrogen-bond acceptors (Lipinski definition) is 4. The van der Waals surface area contributed by atoms with Gasteiger partial charge in [-0.05, 0) is 139 Å². The summed E-state index contributed by atoms with van der Waals surface area (Å²) >= 11 is 3.78. The van der Waals surface area contributed by atoms with Crippen molar-refractivity contribution in [1.29, 1.82) is 0 Å². The van der Waals surface area contributed by atoms with Gasteiger partial charge in [0.1, 0.15) is 23.0 Å². The number of H-pyrrole nitrogens is 1. The first kappa shape index (κ1) is 65.2. The number of nitrogens with zero attached hydrogens (tertiary/aromatic N) is 5. The van der Waals surface area contributed by atoms with Gasteiger partial charge in [-0.1, -0.05) is 311 Å². The maximum atomic E-state index is 6.91. The maximum Gasteiger partial charge on any atom is 0.220 e. The third-order valence-corrected chi connectivity index (χ3v) is 32.2. The molecule has 4 aromatic heterocycles. The minimum atomic E-state index is -2.79. The highest BCUT2D eigenvalue weighted by molar-refractivity contribution is 9.10. The van der Waals surface area contributed by atoms with Crippen LogP contribution in [0.15, 0.2) is 356 Å². The average Bonchev–Trinajstić information content (AvgIpc) is 1.71. The number of nitrogens with one attached hydrogen (secondary N) is 1. The number of para-hydroxylation sites is 12. The Bertz CT molecular complexity index is 6140. The predicted molar refractivity (Wildman–Crippen MR) is 441 cm³/mol. The molecule has 20 rings (SSSR count). The monoisotopic (exact) mass is 1450 g/mol. The molecule has 2 aliphatic heterocycles. The molecule has 8 nitrogen and oxygen atoms in total. The Balaban J connectivity index is 0.000000127. The number of fused-ring (bicyclic) bond motifs is 14. The van der Waals surface area contributed by atoms with E-state index in [1.54, 1.807) is 0 Å². The van der Waals surface area contributed by atoms with E-state index in [-0.39, 0.29) is 10.8 Å². The van der Waals surface area contributed by atoms with Crippen molar-refractivity contribution in [2.24, 2.45) is 0 Å². The molecule has 0 unspecified atom stereocenters. The standard InChI is InChI=1S/C47H37N3OSi.C34H29BrOSi.C13H9N3/c1-47(2)38-24-9-14-30-44(38)51-45-33(17-15-25-39(45)47)32-52(35-19-5-3-6-20-35,36-21-7-4-8-22-36)37-23-16-18-34(31-37)49-42-28-12-13-29-43(42)50-41-27-11-10-26-40(41)48-46(49)50;1-34(2)30-20-9-10-22-32(30)36-33-25(13-11-21-31(33)34)24-37(27-15-5-3-6-16-27,28-17-7-4-8-18-28)29-19-12-14-26(35)23-29;1-3-7-11-9(5-1)14-13-15-10-6-2-4-8-12(10)16(11)13/h3-31H,32H2,1-2H3;3-23H,24H2,1-2H3;1-8H,(H,14,15). The molecule has 0 radical (unpaired) electrons. The first-order valence-corrected chi connectivity index (χ1v) is 41.3. The molecule has 0 aliphatic carbocycles. The van der Waals surface area contributed by atoms with Crippen LogP contribution in [-0.2, 0) is 22.9 Å². The average molecular weight is 1460 g/mol. The van der Waals surface area contributed by atoms with Gasteiger partial charge < -0.3 is 14.5 Å². The summed E-state index contributed by atoms with van der Waals surface area (Å²) in [6, 6.07) is 128. The molecule has 105 heavy (non-hydrogen) atoms. The molecule has 11 heteroatoms. The van der Waals surface area contributed by atoms with Crippen molar-refractivity contribution in [1.82, 2.24) is 28.3 Å². The number of benzene rings is 14. The highest BCUT2D eigenvalue weighted by Crippen LogP contribution is 2.51. The van der Waals surface area contributed by atoms with E-state index in [0.29, 0.717) is 0 Å². The second kappa shape index (κ2) is 26.4. The van der Waals surface area contributed by atoms with E-state index in [0.717, 1.165) is 95.4 Å². The summed E-state index contributed by atoms with van der Waals surface area (Å²) in [5.74, 6) is 5.73. The highest BCUT2D eigenvalue weighted by atomic mass is 79.9. The molecule has 0 saturated carbocycles. The van der Waals surface area contributed by atoms with E-state index in [2.05, 4.69) is 388 Å². The zero-order valence-electron chi connectivity index (χ0n) is 58.8. The van der Waals surface area contributed by atoms with E-state index in [9.17, 15) is 0 Å². The van der Waals surface area contributed by atoms with Crippen LogP contribution < -0.4 is 40.6 Å². The fourth-order valence-corrected chi connectivity index (χ4v) is 27.1. The Kier molecular flexibility index (Phi) is 16.4. The molecule has 0 fully saturated rings. The summed E-state index contributed by atoms with van der Waals surface area (Å²) < 4.78 is 21.5. The predicted octanol–water partition coefficient (Wildman–Crippen LogP) is 19.2. The third-order valence-electron chi connectivity index (χ3n) is 22.0. The van der Waals surface area contributed by atoms with Crippen LogP contribution >= 0.6 is 15.9 Å². The van der Waals surface area contributed by atoms with Crippen molar-refractivity contribution in [2.75, 3.05) is 0 Å². The SMILES string of the molecule is CC1(C)c2ccccc2Oc2c(C[Si](c3ccccc3)(c3ccccc3)c3cccc(-n4c5ccccc5n5c6ccccc6nc45)c3)cccc21.CC1(C)c2ccccc2Oc2c(C[Si](c3ccccc3)(c3ccccc3)c3cccc(Br)c3)cccc21.c1ccc2c(c1)nc1[nH]c3ccccc3n12. The van der Waals surface area contributed by atoms with Crippen LogP contribution in [0.4, 0.5) is 0 Å². The molecule has 18 aromatic rings. The van der Waals surface area contributed by atoms with Crippen molar-refractivity contribution in [2.45, 2.75) is 50.6 Å². The Morgan fingerprint density at radius 2 is 0.733 bits per heavy atom. The first-order chi connectivity index (χ1) is 51.5. The van der Waals surface area contributed by atoms with Crippen LogP contribution in [0, 0.1) is 0 Å². The number of aromatic amines is 1. The molecule has 14 aromatic carbocycles. The zero-order valence-corrected chi connectivity index (χ0v) is 62.4. The lowest BCUT2D eigenvalue weighted by Gasteiger charge is -2.38. The van der Waals surface area contributed by atoms with Crippen molar-refractivity contribution >= 4 is 119 Å². The van der Waals surface area contributed by atoms with Gasteiger partial charge in [-0.3, -0.25) is 13.4 Å². The Morgan fingerprint density at radius 3 is 1.26 bits per heavy atom. The molecular formula is C94H75BrN6O2Si2. The second-order valence-electron chi connectivity index (χ2n) is 28.7. The van der Waals surface area contributed by atoms with Crippen molar-refractivity contribution in [3.63, 3.8) is 0 Å². The second-order valence-corrected chi connectivity index (χ2v) is 37.4. The quantitative estimate of drug-likeness (QED) is 0.103. The van der Waals surface area contributed by atoms with Crippen LogP contribution in [0.5, 0.6) is 23.0 Å². The lowest BCUT2D eigenvalue weighted by atomic mass is 9.75. The van der Waals surface area contributed by atoms with Gasteiger partial charge in [-0.2, -0.15) is 0 Å². The summed E-state index contributed by atoms with van der Waals surface area (Å²) in [4.78, 5) is 13.1. The highest BCUT2D eigenvalue weighted by Gasteiger charge is 2.45. The van der Waals surface area contributed by atoms with Crippen LogP contribution in [0.2, 0.25) is 0 Å². The van der Waals surface area contributed by atoms with Gasteiger partial charge in [0, 0.05) is 43.2 Å². The number of rotatable bonds is 11. The number of aromatic nitrogens is 6. The molecule has 0 amide bonds. The number of imidazole rings is 4. The van der Waals surface area contributed by atoms with E-state index < -0.39 is 16.1 Å². The largest absolute Gasteiger partial charge is 0.456 e. The number of halogens is 1. The van der Waals surface area contributed by atoms with Crippen LogP contribution in [-0.4, -0.2) is 44.5 Å². The molecule has 0 bridgehead atoms. The Morgan fingerprint density at radius 1 is 0.343 bits per heavy atom. The zero-order chi connectivity index (χ0) is 70.9. The van der Waals surface area contributed by atoms with Gasteiger partial charge in [0.25, 0.3) is 0 Å². The summed E-state index contributed by atoms with van der Waals surface area (Å²) in [6.07, 6.45) is 0. The van der Waals surface area contributed by atoms with E-state index >= 15 is 0 Å². The first-order valence-electron chi connectivity index (χ1n) is 36.1. The molecule has 0 saturated heterocycles. The van der Waals surface area contributed by atoms with Crippen LogP contribution in [0.3, 0.4) is 0 Å². The Hall–Kier alpha value is -11.9.